The molecule has 1 aliphatic heterocycles. The second-order valence-corrected chi connectivity index (χ2v) is 6.14. The van der Waals surface area contributed by atoms with Crippen LogP contribution in [-0.2, 0) is 11.2 Å². The van der Waals surface area contributed by atoms with E-state index in [1.165, 1.54) is 4.88 Å². The van der Waals surface area contributed by atoms with Gasteiger partial charge in [0.2, 0.25) is 0 Å². The number of ether oxygens (including phenoxy) is 1. The highest BCUT2D eigenvalue weighted by Crippen LogP contribution is 2.12. The number of thiophene rings is 1. The maximum atomic E-state index is 5.82. The van der Waals surface area contributed by atoms with Crippen LogP contribution in [0, 0.1) is 0 Å². The first kappa shape index (κ1) is 14.4. The smallest absolute Gasteiger partial charge is 0.148 e. The third kappa shape index (κ3) is 4.49. The minimum Gasteiger partial charge on any atom is -0.374 e. The molecule has 21 heavy (non-hydrogen) atoms. The van der Waals surface area contributed by atoms with Gasteiger partial charge in [-0.1, -0.05) is 6.07 Å². The molecule has 0 spiro atoms. The van der Waals surface area contributed by atoms with Crippen LogP contribution in [0.1, 0.15) is 4.88 Å². The van der Waals surface area contributed by atoms with Gasteiger partial charge in [0.25, 0.3) is 0 Å². The van der Waals surface area contributed by atoms with Gasteiger partial charge in [0, 0.05) is 37.3 Å². The molecule has 1 saturated heterocycles. The molecule has 1 aliphatic rings. The Hall–Kier alpha value is -1.50. The van der Waals surface area contributed by atoms with E-state index >= 15 is 0 Å². The molecular formula is C15H20N4OS. The molecule has 3 rings (SSSR count). The molecule has 112 valence electrons. The summed E-state index contributed by atoms with van der Waals surface area (Å²) >= 11 is 1.83. The Morgan fingerprint density at radius 2 is 2.38 bits per heavy atom. The number of aromatic nitrogens is 2. The Kier molecular flexibility index (Phi) is 5.15. The summed E-state index contributed by atoms with van der Waals surface area (Å²) in [6.45, 7) is 4.67. The molecule has 0 aliphatic carbocycles. The lowest BCUT2D eigenvalue weighted by molar-refractivity contribution is -0.0206. The van der Waals surface area contributed by atoms with Gasteiger partial charge in [-0.05, 0) is 30.0 Å². The largest absolute Gasteiger partial charge is 0.374 e. The van der Waals surface area contributed by atoms with Gasteiger partial charge in [-0.2, -0.15) is 5.10 Å². The second-order valence-electron chi connectivity index (χ2n) is 5.11. The van der Waals surface area contributed by atoms with Gasteiger partial charge in [-0.15, -0.1) is 16.4 Å². The fraction of sp³-hybridized carbons (Fsp3) is 0.467. The predicted octanol–water partition coefficient (Wildman–Crippen LogP) is 1.89. The minimum absolute atomic E-state index is 0.212. The summed E-state index contributed by atoms with van der Waals surface area (Å²) in [7, 11) is 0. The summed E-state index contributed by atoms with van der Waals surface area (Å²) in [4.78, 5) is 3.93. The summed E-state index contributed by atoms with van der Waals surface area (Å²) in [6, 6.07) is 8.12. The number of rotatable bonds is 6. The number of nitrogens with zero attached hydrogens (tertiary/aromatic N) is 3. The molecule has 0 bridgehead atoms. The number of hydrogen-bond donors (Lipinski definition) is 1. The van der Waals surface area contributed by atoms with Crippen molar-refractivity contribution in [1.29, 1.82) is 0 Å². The van der Waals surface area contributed by atoms with Gasteiger partial charge < -0.3 is 10.1 Å². The van der Waals surface area contributed by atoms with Gasteiger partial charge in [0.05, 0.1) is 12.7 Å². The van der Waals surface area contributed by atoms with E-state index in [1.54, 1.807) is 6.20 Å². The highest BCUT2D eigenvalue weighted by Gasteiger charge is 2.20. The third-order valence-electron chi connectivity index (χ3n) is 3.56. The fourth-order valence-electron chi connectivity index (χ4n) is 2.44. The molecule has 0 unspecified atom stereocenters. The molecule has 0 radical (unpaired) electrons. The Morgan fingerprint density at radius 1 is 1.38 bits per heavy atom. The molecule has 6 heteroatoms. The highest BCUT2D eigenvalue weighted by atomic mass is 32.1. The zero-order chi connectivity index (χ0) is 14.3. The average Bonchev–Trinajstić information content (AvgIpc) is 3.06. The molecule has 1 atom stereocenters. The summed E-state index contributed by atoms with van der Waals surface area (Å²) < 4.78 is 5.82. The van der Waals surface area contributed by atoms with E-state index in [0.717, 1.165) is 45.0 Å². The summed E-state index contributed by atoms with van der Waals surface area (Å²) in [5.41, 5.74) is 0. The van der Waals surface area contributed by atoms with E-state index in [0.29, 0.717) is 0 Å². The molecule has 0 saturated carbocycles. The van der Waals surface area contributed by atoms with Crippen molar-refractivity contribution in [3.8, 4) is 0 Å². The maximum absolute atomic E-state index is 5.82. The first-order valence-corrected chi connectivity index (χ1v) is 8.16. The number of hydrogen-bond acceptors (Lipinski definition) is 6. The van der Waals surface area contributed by atoms with Gasteiger partial charge in [-0.25, -0.2) is 0 Å². The van der Waals surface area contributed by atoms with Crippen molar-refractivity contribution in [2.24, 2.45) is 0 Å². The zero-order valence-electron chi connectivity index (χ0n) is 11.9. The van der Waals surface area contributed by atoms with E-state index in [4.69, 9.17) is 4.74 Å². The molecule has 1 fully saturated rings. The minimum atomic E-state index is 0.212. The molecule has 5 nitrogen and oxygen atoms in total. The second kappa shape index (κ2) is 7.49. The monoisotopic (exact) mass is 304 g/mol. The Morgan fingerprint density at radius 3 is 3.19 bits per heavy atom. The van der Waals surface area contributed by atoms with Crippen LogP contribution < -0.4 is 5.32 Å². The van der Waals surface area contributed by atoms with Crippen molar-refractivity contribution in [2.45, 2.75) is 12.5 Å². The van der Waals surface area contributed by atoms with Crippen LogP contribution in [0.5, 0.6) is 0 Å². The SMILES string of the molecule is c1cnnc(NC[C@@H]2CN(CCc3cccs3)CCO2)c1. The van der Waals surface area contributed by atoms with E-state index in [9.17, 15) is 0 Å². The molecule has 2 aromatic heterocycles. The third-order valence-corrected chi connectivity index (χ3v) is 4.50. The van der Waals surface area contributed by atoms with Crippen molar-refractivity contribution in [2.75, 3.05) is 38.1 Å². The van der Waals surface area contributed by atoms with Crippen molar-refractivity contribution < 1.29 is 4.74 Å². The Balaban J connectivity index is 1.42. The van der Waals surface area contributed by atoms with Crippen molar-refractivity contribution >= 4 is 17.2 Å². The maximum Gasteiger partial charge on any atom is 0.148 e. The standard InChI is InChI=1S/C15H20N4OS/c1-4-15(18-17-6-1)16-11-13-12-19(8-9-20-13)7-5-14-3-2-10-21-14/h1-4,6,10,13H,5,7-9,11-12H2,(H,16,18)/t13-/m1/s1. The predicted molar refractivity (Wildman–Crippen MR) is 84.7 cm³/mol. The lowest BCUT2D eigenvalue weighted by atomic mass is 10.2. The van der Waals surface area contributed by atoms with Crippen LogP contribution in [0.3, 0.4) is 0 Å². The van der Waals surface area contributed by atoms with Gasteiger partial charge >= 0.3 is 0 Å². The number of morpholine rings is 1. The van der Waals surface area contributed by atoms with Crippen LogP contribution in [0.4, 0.5) is 5.82 Å². The van der Waals surface area contributed by atoms with Crippen molar-refractivity contribution in [1.82, 2.24) is 15.1 Å². The van der Waals surface area contributed by atoms with Gasteiger partial charge in [0.1, 0.15) is 5.82 Å². The van der Waals surface area contributed by atoms with E-state index < -0.39 is 0 Å². The number of nitrogens with one attached hydrogen (secondary N) is 1. The Labute approximate surface area is 129 Å². The first-order chi connectivity index (χ1) is 10.4. The van der Waals surface area contributed by atoms with Crippen molar-refractivity contribution in [3.05, 3.63) is 40.7 Å². The molecule has 1 N–H and O–H groups in total. The lowest BCUT2D eigenvalue weighted by Gasteiger charge is -2.33. The molecule has 3 heterocycles. The van der Waals surface area contributed by atoms with Crippen molar-refractivity contribution in [3.63, 3.8) is 0 Å². The van der Waals surface area contributed by atoms with Crippen LogP contribution >= 0.6 is 11.3 Å². The summed E-state index contributed by atoms with van der Waals surface area (Å²) in [5.74, 6) is 0.803. The first-order valence-electron chi connectivity index (χ1n) is 7.28. The lowest BCUT2D eigenvalue weighted by Crippen LogP contribution is -2.45. The summed E-state index contributed by atoms with van der Waals surface area (Å²) in [6.07, 6.45) is 3.01. The van der Waals surface area contributed by atoms with E-state index in [1.807, 2.05) is 23.5 Å². The van der Waals surface area contributed by atoms with Crippen LogP contribution in [-0.4, -0.2) is 54.0 Å². The normalized spacial score (nSPS) is 19.5. The van der Waals surface area contributed by atoms with Crippen LogP contribution in [0.2, 0.25) is 0 Å². The highest BCUT2D eigenvalue weighted by molar-refractivity contribution is 7.09. The number of anilines is 1. The zero-order valence-corrected chi connectivity index (χ0v) is 12.8. The van der Waals surface area contributed by atoms with Crippen LogP contribution in [0.15, 0.2) is 35.8 Å². The molecule has 2 aromatic rings. The van der Waals surface area contributed by atoms with Gasteiger partial charge in [-0.3, -0.25) is 4.90 Å². The average molecular weight is 304 g/mol. The fourth-order valence-corrected chi connectivity index (χ4v) is 3.14. The van der Waals surface area contributed by atoms with Crippen LogP contribution in [0.25, 0.3) is 0 Å². The summed E-state index contributed by atoms with van der Waals surface area (Å²) in [5, 5.41) is 13.3. The molecular weight excluding hydrogens is 284 g/mol. The van der Waals surface area contributed by atoms with E-state index in [2.05, 4.69) is 37.9 Å². The van der Waals surface area contributed by atoms with Gasteiger partial charge in [0.15, 0.2) is 0 Å². The Bertz CT molecular complexity index is 520. The topological polar surface area (TPSA) is 50.3 Å². The molecule has 0 aromatic carbocycles. The molecule has 0 amide bonds. The van der Waals surface area contributed by atoms with E-state index in [-0.39, 0.29) is 6.10 Å². The quantitative estimate of drug-likeness (QED) is 0.883.